The van der Waals surface area contributed by atoms with Crippen LogP contribution in [0.3, 0.4) is 0 Å². The van der Waals surface area contributed by atoms with Crippen molar-refractivity contribution in [2.24, 2.45) is 0 Å². The van der Waals surface area contributed by atoms with Gasteiger partial charge in [-0.2, -0.15) is 5.10 Å². The summed E-state index contributed by atoms with van der Waals surface area (Å²) in [4.78, 5) is 28.8. The molecule has 0 aliphatic heterocycles. The Balaban J connectivity index is 1.87. The smallest absolute Gasteiger partial charge is 0.196 e. The molecule has 0 amide bonds. The molecule has 3 rings (SSSR count). The highest BCUT2D eigenvalue weighted by molar-refractivity contribution is 6.35. The lowest BCUT2D eigenvalue weighted by Crippen LogP contribution is -2.27. The Hall–Kier alpha value is -2.96. The molecule has 0 aliphatic rings. The van der Waals surface area contributed by atoms with Crippen molar-refractivity contribution in [1.29, 1.82) is 0 Å². The van der Waals surface area contributed by atoms with Crippen LogP contribution in [0.25, 0.3) is 0 Å². The Kier molecular flexibility index (Phi) is 5.69. The number of ketones is 2. The van der Waals surface area contributed by atoms with E-state index in [1.165, 1.54) is 29.5 Å². The minimum atomic E-state index is -1.22. The van der Waals surface area contributed by atoms with Gasteiger partial charge in [0.15, 0.2) is 17.6 Å². The molecule has 0 radical (unpaired) electrons. The van der Waals surface area contributed by atoms with Crippen LogP contribution < -0.4 is 4.74 Å². The molecule has 1 unspecified atom stereocenters. The molecule has 136 valence electrons. The Morgan fingerprint density at radius 1 is 1.11 bits per heavy atom. The molecule has 2 aromatic carbocycles. The van der Waals surface area contributed by atoms with E-state index in [1.54, 1.807) is 30.3 Å². The lowest BCUT2D eigenvalue weighted by molar-refractivity contribution is -0.116. The van der Waals surface area contributed by atoms with Crippen LogP contribution in [0.2, 0.25) is 10.0 Å². The molecular weight excluding hydrogens is 389 g/mol. The number of halogens is 2. The lowest BCUT2D eigenvalue weighted by atomic mass is 10.0. The standard InChI is InChI=1S/C19H13Cl2N3O3/c1-2-17(25)18(24-11-22-10-23-24)19(26)15-8-7-14(9-16(15)21)27-13-5-3-12(20)4-6-13/h2-11,18H,1H2. The monoisotopic (exact) mass is 401 g/mol. The van der Waals surface area contributed by atoms with E-state index in [2.05, 4.69) is 16.7 Å². The summed E-state index contributed by atoms with van der Waals surface area (Å²) >= 11 is 12.1. The third kappa shape index (κ3) is 4.24. The summed E-state index contributed by atoms with van der Waals surface area (Å²) < 4.78 is 6.85. The Morgan fingerprint density at radius 2 is 1.81 bits per heavy atom. The number of ether oxygens (including phenoxy) is 1. The van der Waals surface area contributed by atoms with E-state index < -0.39 is 17.6 Å². The van der Waals surface area contributed by atoms with Crippen LogP contribution in [0.4, 0.5) is 0 Å². The highest BCUT2D eigenvalue weighted by Gasteiger charge is 2.29. The van der Waals surface area contributed by atoms with Gasteiger partial charge in [-0.1, -0.05) is 29.8 Å². The Labute approximate surface area is 165 Å². The van der Waals surface area contributed by atoms with Crippen molar-refractivity contribution in [3.8, 4) is 11.5 Å². The molecule has 0 saturated carbocycles. The second-order valence-corrected chi connectivity index (χ2v) is 6.29. The molecule has 0 fully saturated rings. The summed E-state index contributed by atoms with van der Waals surface area (Å²) in [5, 5.41) is 4.62. The van der Waals surface area contributed by atoms with Crippen LogP contribution >= 0.6 is 23.2 Å². The fraction of sp³-hybridized carbons (Fsp3) is 0.0526. The van der Waals surface area contributed by atoms with Gasteiger partial charge in [-0.05, 0) is 42.5 Å². The highest BCUT2D eigenvalue weighted by atomic mass is 35.5. The van der Waals surface area contributed by atoms with E-state index in [9.17, 15) is 9.59 Å². The molecule has 0 aliphatic carbocycles. The predicted octanol–water partition coefficient (Wildman–Crippen LogP) is 4.56. The van der Waals surface area contributed by atoms with Crippen LogP contribution in [0.15, 0.2) is 67.8 Å². The fourth-order valence-corrected chi connectivity index (χ4v) is 2.78. The number of carbonyl (C=O) groups is 2. The second-order valence-electron chi connectivity index (χ2n) is 5.45. The van der Waals surface area contributed by atoms with Crippen molar-refractivity contribution >= 4 is 34.8 Å². The first kappa shape index (κ1) is 18.8. The minimum Gasteiger partial charge on any atom is -0.457 e. The van der Waals surface area contributed by atoms with Gasteiger partial charge < -0.3 is 4.74 Å². The maximum absolute atomic E-state index is 12.9. The van der Waals surface area contributed by atoms with Crippen molar-refractivity contribution in [2.75, 3.05) is 0 Å². The number of nitrogens with zero attached hydrogens (tertiary/aromatic N) is 3. The number of hydrogen-bond acceptors (Lipinski definition) is 5. The van der Waals surface area contributed by atoms with Crippen LogP contribution in [-0.4, -0.2) is 26.3 Å². The lowest BCUT2D eigenvalue weighted by Gasteiger charge is -2.14. The van der Waals surface area contributed by atoms with Crippen molar-refractivity contribution in [3.05, 3.63) is 83.4 Å². The van der Waals surface area contributed by atoms with Gasteiger partial charge in [0.25, 0.3) is 0 Å². The van der Waals surface area contributed by atoms with E-state index in [-0.39, 0.29) is 10.6 Å². The van der Waals surface area contributed by atoms with Gasteiger partial charge in [-0.25, -0.2) is 9.67 Å². The van der Waals surface area contributed by atoms with Gasteiger partial charge in [0.1, 0.15) is 24.2 Å². The Bertz CT molecular complexity index is 986. The first-order valence-corrected chi connectivity index (χ1v) is 8.53. The summed E-state index contributed by atoms with van der Waals surface area (Å²) in [6.45, 7) is 3.43. The molecule has 0 saturated heterocycles. The topological polar surface area (TPSA) is 74.1 Å². The number of hydrogen-bond donors (Lipinski definition) is 0. The van der Waals surface area contributed by atoms with Crippen LogP contribution in [-0.2, 0) is 4.79 Å². The summed E-state index contributed by atoms with van der Waals surface area (Å²) in [6, 6.07) is 10.2. The maximum Gasteiger partial charge on any atom is 0.196 e. The van der Waals surface area contributed by atoms with Crippen LogP contribution in [0, 0.1) is 0 Å². The number of allylic oxidation sites excluding steroid dienone is 1. The number of carbonyl (C=O) groups excluding carboxylic acids is 2. The quantitative estimate of drug-likeness (QED) is 0.329. The molecule has 0 N–H and O–H groups in total. The zero-order valence-electron chi connectivity index (χ0n) is 13.9. The van der Waals surface area contributed by atoms with E-state index in [0.717, 1.165) is 6.08 Å². The third-order valence-corrected chi connectivity index (χ3v) is 4.24. The van der Waals surface area contributed by atoms with Crippen LogP contribution in [0.5, 0.6) is 11.5 Å². The first-order chi connectivity index (χ1) is 13.0. The molecule has 1 heterocycles. The minimum absolute atomic E-state index is 0.147. The van der Waals surface area contributed by atoms with Crippen LogP contribution in [0.1, 0.15) is 16.4 Å². The molecule has 27 heavy (non-hydrogen) atoms. The molecule has 3 aromatic rings. The van der Waals surface area contributed by atoms with E-state index in [1.807, 2.05) is 0 Å². The van der Waals surface area contributed by atoms with Crippen molar-refractivity contribution in [3.63, 3.8) is 0 Å². The van der Waals surface area contributed by atoms with Crippen molar-refractivity contribution < 1.29 is 14.3 Å². The zero-order valence-corrected chi connectivity index (χ0v) is 15.4. The number of rotatable bonds is 7. The van der Waals surface area contributed by atoms with Gasteiger partial charge >= 0.3 is 0 Å². The summed E-state index contributed by atoms with van der Waals surface area (Å²) in [6.07, 6.45) is 3.59. The molecule has 8 heteroatoms. The summed E-state index contributed by atoms with van der Waals surface area (Å²) in [7, 11) is 0. The largest absolute Gasteiger partial charge is 0.457 e. The summed E-state index contributed by atoms with van der Waals surface area (Å²) in [5.41, 5.74) is 0.163. The molecular formula is C19H13Cl2N3O3. The summed E-state index contributed by atoms with van der Waals surface area (Å²) in [5.74, 6) is -0.0282. The molecule has 1 aromatic heterocycles. The van der Waals surface area contributed by atoms with Gasteiger partial charge in [0.05, 0.1) is 5.02 Å². The average Bonchev–Trinajstić information content (AvgIpc) is 3.18. The van der Waals surface area contributed by atoms with Gasteiger partial charge in [0, 0.05) is 16.7 Å². The highest BCUT2D eigenvalue weighted by Crippen LogP contribution is 2.29. The molecule has 1 atom stereocenters. The van der Waals surface area contributed by atoms with Gasteiger partial charge in [-0.15, -0.1) is 0 Å². The molecule has 0 bridgehead atoms. The Morgan fingerprint density at radius 3 is 2.41 bits per heavy atom. The normalized spacial score (nSPS) is 11.6. The second kappa shape index (κ2) is 8.16. The average molecular weight is 402 g/mol. The number of Topliss-reactive ketones (excluding diaryl/α,β-unsaturated/α-hetero) is 1. The zero-order chi connectivity index (χ0) is 19.4. The first-order valence-electron chi connectivity index (χ1n) is 7.77. The predicted molar refractivity (Wildman–Crippen MR) is 102 cm³/mol. The van der Waals surface area contributed by atoms with Gasteiger partial charge in [-0.3, -0.25) is 9.59 Å². The van der Waals surface area contributed by atoms with Crippen molar-refractivity contribution in [2.45, 2.75) is 6.04 Å². The maximum atomic E-state index is 12.9. The molecule has 0 spiro atoms. The fourth-order valence-electron chi connectivity index (χ4n) is 2.39. The third-order valence-electron chi connectivity index (χ3n) is 3.68. The molecule has 6 nitrogen and oxygen atoms in total. The van der Waals surface area contributed by atoms with Crippen molar-refractivity contribution in [1.82, 2.24) is 14.8 Å². The number of benzene rings is 2. The van der Waals surface area contributed by atoms with Gasteiger partial charge in [0.2, 0.25) is 0 Å². The van der Waals surface area contributed by atoms with E-state index in [4.69, 9.17) is 27.9 Å². The SMILES string of the molecule is C=CC(=O)C(C(=O)c1ccc(Oc2ccc(Cl)cc2)cc1Cl)n1cncn1. The van der Waals surface area contributed by atoms with E-state index >= 15 is 0 Å². The van der Waals surface area contributed by atoms with E-state index in [0.29, 0.717) is 16.5 Å². The number of aromatic nitrogens is 3.